The fraction of sp³-hybridized carbons (Fsp3) is 0.611. The van der Waals surface area contributed by atoms with Gasteiger partial charge in [-0.2, -0.15) is 0 Å². The minimum Gasteiger partial charge on any atom is -0.493 e. The summed E-state index contributed by atoms with van der Waals surface area (Å²) in [5, 5.41) is 12.6. The fourth-order valence-corrected chi connectivity index (χ4v) is 2.38. The van der Waals surface area contributed by atoms with Crippen molar-refractivity contribution in [1.29, 1.82) is 0 Å². The van der Waals surface area contributed by atoms with Crippen LogP contribution in [0.4, 0.5) is 0 Å². The highest BCUT2D eigenvalue weighted by atomic mass is 16.5. The van der Waals surface area contributed by atoms with E-state index in [4.69, 9.17) is 9.47 Å². The van der Waals surface area contributed by atoms with Crippen LogP contribution in [0.3, 0.4) is 0 Å². The van der Waals surface area contributed by atoms with Gasteiger partial charge in [0.2, 0.25) is 0 Å². The Labute approximate surface area is 139 Å². The number of ether oxygens (including phenoxy) is 2. The van der Waals surface area contributed by atoms with Gasteiger partial charge in [0, 0.05) is 6.04 Å². The van der Waals surface area contributed by atoms with Gasteiger partial charge in [0.15, 0.2) is 11.5 Å². The first-order valence-electron chi connectivity index (χ1n) is 7.88. The van der Waals surface area contributed by atoms with Gasteiger partial charge in [0.1, 0.15) is 6.04 Å². The van der Waals surface area contributed by atoms with E-state index < -0.39 is 12.0 Å². The Bertz CT molecular complexity index is 522. The topological polar surface area (TPSA) is 67.8 Å². The number of benzene rings is 1. The normalized spacial score (nSPS) is 14.2. The maximum Gasteiger partial charge on any atom is 0.320 e. The maximum atomic E-state index is 11.5. The molecule has 0 aromatic heterocycles. The first-order chi connectivity index (χ1) is 10.7. The highest BCUT2D eigenvalue weighted by Gasteiger charge is 2.23. The van der Waals surface area contributed by atoms with E-state index in [1.54, 1.807) is 14.2 Å². The van der Waals surface area contributed by atoms with E-state index in [0.717, 1.165) is 12.0 Å². The van der Waals surface area contributed by atoms with Crippen LogP contribution in [0.1, 0.15) is 52.1 Å². The number of hydrogen-bond donors (Lipinski definition) is 2. The number of carbonyl (C=O) groups is 1. The zero-order valence-electron chi connectivity index (χ0n) is 15.0. The SMILES string of the molecule is COc1ccc([C@H](C)NC(CCC(C)(C)C)C(=O)O)cc1OC. The second-order valence-corrected chi connectivity index (χ2v) is 6.99. The summed E-state index contributed by atoms with van der Waals surface area (Å²) >= 11 is 0. The van der Waals surface area contributed by atoms with Crippen LogP contribution in [0.25, 0.3) is 0 Å². The quantitative estimate of drug-likeness (QED) is 0.764. The molecule has 0 bridgehead atoms. The summed E-state index contributed by atoms with van der Waals surface area (Å²) in [5.74, 6) is 0.479. The molecule has 5 heteroatoms. The smallest absolute Gasteiger partial charge is 0.320 e. The third-order valence-electron chi connectivity index (χ3n) is 3.84. The number of rotatable bonds is 8. The third-order valence-corrected chi connectivity index (χ3v) is 3.84. The predicted molar refractivity (Wildman–Crippen MR) is 91.2 cm³/mol. The summed E-state index contributed by atoms with van der Waals surface area (Å²) in [6.07, 6.45) is 1.44. The highest BCUT2D eigenvalue weighted by molar-refractivity contribution is 5.73. The molecule has 1 rings (SSSR count). The molecule has 0 saturated carbocycles. The average molecular weight is 323 g/mol. The molecule has 1 unspecified atom stereocenters. The maximum absolute atomic E-state index is 11.5. The van der Waals surface area contributed by atoms with E-state index >= 15 is 0 Å². The molecule has 130 valence electrons. The molecule has 0 spiro atoms. The van der Waals surface area contributed by atoms with Gasteiger partial charge in [-0.3, -0.25) is 10.1 Å². The molecule has 0 amide bonds. The zero-order chi connectivity index (χ0) is 17.6. The molecule has 5 nitrogen and oxygen atoms in total. The Kier molecular flexibility index (Phi) is 6.88. The van der Waals surface area contributed by atoms with E-state index in [9.17, 15) is 9.90 Å². The molecule has 1 aromatic carbocycles. The second kappa shape index (κ2) is 8.20. The van der Waals surface area contributed by atoms with E-state index in [-0.39, 0.29) is 11.5 Å². The third kappa shape index (κ3) is 6.10. The standard InChI is InChI=1S/C18H29NO4/c1-12(13-7-8-15(22-5)16(11-13)23-6)19-14(17(20)21)9-10-18(2,3)4/h7-8,11-12,14,19H,9-10H2,1-6H3,(H,20,21)/t12-,14?/m0/s1. The largest absolute Gasteiger partial charge is 0.493 e. The number of methoxy groups -OCH3 is 2. The minimum atomic E-state index is -0.818. The minimum absolute atomic E-state index is 0.101. The van der Waals surface area contributed by atoms with Crippen LogP contribution in [-0.4, -0.2) is 31.3 Å². The van der Waals surface area contributed by atoms with Gasteiger partial charge in [-0.05, 0) is 42.9 Å². The molecule has 0 heterocycles. The Morgan fingerprint density at radius 3 is 2.30 bits per heavy atom. The molecule has 0 aliphatic heterocycles. The molecule has 2 N–H and O–H groups in total. The van der Waals surface area contributed by atoms with Crippen molar-refractivity contribution in [2.45, 2.75) is 52.6 Å². The zero-order valence-corrected chi connectivity index (χ0v) is 15.0. The van der Waals surface area contributed by atoms with Crippen LogP contribution in [0, 0.1) is 5.41 Å². The van der Waals surface area contributed by atoms with Crippen LogP contribution >= 0.6 is 0 Å². The summed E-state index contributed by atoms with van der Waals surface area (Å²) in [5.41, 5.74) is 1.08. The van der Waals surface area contributed by atoms with Gasteiger partial charge in [0.05, 0.1) is 14.2 Å². The van der Waals surface area contributed by atoms with Crippen LogP contribution in [-0.2, 0) is 4.79 Å². The highest BCUT2D eigenvalue weighted by Crippen LogP contribution is 2.30. The van der Waals surface area contributed by atoms with Gasteiger partial charge in [-0.1, -0.05) is 26.8 Å². The lowest BCUT2D eigenvalue weighted by Gasteiger charge is -2.24. The van der Waals surface area contributed by atoms with Crippen molar-refractivity contribution in [3.8, 4) is 11.5 Å². The summed E-state index contributed by atoms with van der Waals surface area (Å²) in [6.45, 7) is 8.30. The van der Waals surface area contributed by atoms with Gasteiger partial charge >= 0.3 is 5.97 Å². The van der Waals surface area contributed by atoms with E-state index in [1.807, 2.05) is 25.1 Å². The van der Waals surface area contributed by atoms with Crippen molar-refractivity contribution in [3.63, 3.8) is 0 Å². The first kappa shape index (κ1) is 19.3. The molecule has 0 aliphatic carbocycles. The lowest BCUT2D eigenvalue weighted by molar-refractivity contribution is -0.140. The molecular formula is C18H29NO4. The molecule has 0 aliphatic rings. The molecule has 0 radical (unpaired) electrons. The van der Waals surface area contributed by atoms with Crippen LogP contribution in [0.5, 0.6) is 11.5 Å². The van der Waals surface area contributed by atoms with Crippen molar-refractivity contribution in [3.05, 3.63) is 23.8 Å². The van der Waals surface area contributed by atoms with Crippen molar-refractivity contribution >= 4 is 5.97 Å². The lowest BCUT2D eigenvalue weighted by Crippen LogP contribution is -2.39. The second-order valence-electron chi connectivity index (χ2n) is 6.99. The van der Waals surface area contributed by atoms with Crippen molar-refractivity contribution < 1.29 is 19.4 Å². The van der Waals surface area contributed by atoms with Crippen LogP contribution < -0.4 is 14.8 Å². The number of hydrogen-bond acceptors (Lipinski definition) is 4. The van der Waals surface area contributed by atoms with Gasteiger partial charge in [-0.25, -0.2) is 0 Å². The fourth-order valence-electron chi connectivity index (χ4n) is 2.38. The van der Waals surface area contributed by atoms with Gasteiger partial charge < -0.3 is 14.6 Å². The molecular weight excluding hydrogens is 294 g/mol. The number of carboxylic acid groups (broad SMARTS) is 1. The molecule has 0 saturated heterocycles. The van der Waals surface area contributed by atoms with Crippen molar-refractivity contribution in [1.82, 2.24) is 5.32 Å². The number of aliphatic carboxylic acids is 1. The van der Waals surface area contributed by atoms with Gasteiger partial charge in [-0.15, -0.1) is 0 Å². The Morgan fingerprint density at radius 1 is 1.22 bits per heavy atom. The van der Waals surface area contributed by atoms with Crippen LogP contribution in [0.15, 0.2) is 18.2 Å². The van der Waals surface area contributed by atoms with E-state index in [2.05, 4.69) is 26.1 Å². The molecule has 1 aromatic rings. The first-order valence-corrected chi connectivity index (χ1v) is 7.88. The van der Waals surface area contributed by atoms with E-state index in [1.165, 1.54) is 0 Å². The van der Waals surface area contributed by atoms with Crippen LogP contribution in [0.2, 0.25) is 0 Å². The monoisotopic (exact) mass is 323 g/mol. The van der Waals surface area contributed by atoms with E-state index in [0.29, 0.717) is 17.9 Å². The number of nitrogens with one attached hydrogen (secondary N) is 1. The Morgan fingerprint density at radius 2 is 1.83 bits per heavy atom. The summed E-state index contributed by atoms with van der Waals surface area (Å²) in [4.78, 5) is 11.5. The summed E-state index contributed by atoms with van der Waals surface area (Å²) < 4.78 is 10.5. The van der Waals surface area contributed by atoms with Gasteiger partial charge in [0.25, 0.3) is 0 Å². The van der Waals surface area contributed by atoms with Crippen molar-refractivity contribution in [2.24, 2.45) is 5.41 Å². The Hall–Kier alpha value is -1.75. The number of carboxylic acids is 1. The van der Waals surface area contributed by atoms with Crippen molar-refractivity contribution in [2.75, 3.05) is 14.2 Å². The lowest BCUT2D eigenvalue weighted by atomic mass is 9.88. The average Bonchev–Trinajstić information content (AvgIpc) is 2.49. The Balaban J connectivity index is 2.82. The molecule has 23 heavy (non-hydrogen) atoms. The molecule has 2 atom stereocenters. The summed E-state index contributed by atoms with van der Waals surface area (Å²) in [6, 6.07) is 4.95. The summed E-state index contributed by atoms with van der Waals surface area (Å²) in [7, 11) is 3.18. The molecule has 0 fully saturated rings. The predicted octanol–water partition coefficient (Wildman–Crippen LogP) is 3.63.